The van der Waals surface area contributed by atoms with Crippen LogP contribution in [0.3, 0.4) is 0 Å². The second-order valence-electron chi connectivity index (χ2n) is 10.8. The maximum Gasteiger partial charge on any atom is 0.326 e. The predicted molar refractivity (Wildman–Crippen MR) is 153 cm³/mol. The number of ketones is 1. The number of carbonyl (C=O) groups excluding carboxylic acids is 5. The van der Waals surface area contributed by atoms with Crippen molar-refractivity contribution in [2.75, 3.05) is 0 Å². The first-order chi connectivity index (χ1) is 19.6. The number of hydrogen-bond acceptors (Lipinski definition) is 8. The van der Waals surface area contributed by atoms with Gasteiger partial charge in [-0.3, -0.25) is 24.0 Å². The lowest BCUT2D eigenvalue weighted by atomic mass is 9.98. The molecule has 42 heavy (non-hydrogen) atoms. The van der Waals surface area contributed by atoms with Gasteiger partial charge in [0.15, 0.2) is 5.78 Å². The molecule has 0 aromatic heterocycles. The fourth-order valence-corrected chi connectivity index (χ4v) is 4.05. The molecule has 0 bridgehead atoms. The van der Waals surface area contributed by atoms with E-state index in [4.69, 9.17) is 0 Å². The zero-order valence-electron chi connectivity index (χ0n) is 24.9. The van der Waals surface area contributed by atoms with Crippen LogP contribution in [0.4, 0.5) is 0 Å². The summed E-state index contributed by atoms with van der Waals surface area (Å²) in [4.78, 5) is 75.6. The SMILES string of the molecule is CCC(=O)C(CC(C)C)NC(=O)C(NC(=O)C(NC(=O)C(C)C(=O)NC(Cc1ccccc1)C(=O)O)C(C)O)C(C)O. The number of Topliss-reactive ketones (excluding diaryl/α,β-unsaturated/α-hetero) is 1. The highest BCUT2D eigenvalue weighted by molar-refractivity contribution is 6.03. The highest BCUT2D eigenvalue weighted by Crippen LogP contribution is 2.10. The Balaban J connectivity index is 2.96. The van der Waals surface area contributed by atoms with Crippen molar-refractivity contribution in [3.8, 4) is 0 Å². The fourth-order valence-electron chi connectivity index (χ4n) is 4.05. The van der Waals surface area contributed by atoms with E-state index in [1.807, 2.05) is 13.8 Å². The van der Waals surface area contributed by atoms with Gasteiger partial charge in [0.25, 0.3) is 0 Å². The molecule has 7 atom stereocenters. The lowest BCUT2D eigenvalue weighted by molar-refractivity contribution is -0.144. The van der Waals surface area contributed by atoms with Crippen molar-refractivity contribution in [3.05, 3.63) is 35.9 Å². The molecule has 0 fully saturated rings. The van der Waals surface area contributed by atoms with Crippen LogP contribution in [0.5, 0.6) is 0 Å². The first kappa shape index (κ1) is 36.2. The Bertz CT molecular complexity index is 1090. The van der Waals surface area contributed by atoms with Gasteiger partial charge in [-0.05, 0) is 38.7 Å². The second-order valence-corrected chi connectivity index (χ2v) is 10.8. The molecule has 7 N–H and O–H groups in total. The Kier molecular flexibility index (Phi) is 14.8. The molecule has 0 aliphatic heterocycles. The van der Waals surface area contributed by atoms with Gasteiger partial charge in [-0.15, -0.1) is 0 Å². The van der Waals surface area contributed by atoms with Gasteiger partial charge < -0.3 is 36.6 Å². The summed E-state index contributed by atoms with van der Waals surface area (Å²) >= 11 is 0. The second kappa shape index (κ2) is 17.2. The van der Waals surface area contributed by atoms with Crippen molar-refractivity contribution >= 4 is 35.4 Å². The predicted octanol–water partition coefficient (Wildman–Crippen LogP) is -0.324. The monoisotopic (exact) mass is 592 g/mol. The number of benzene rings is 1. The van der Waals surface area contributed by atoms with E-state index in [9.17, 15) is 44.1 Å². The fraction of sp³-hybridized carbons (Fsp3) is 0.586. The van der Waals surface area contributed by atoms with Gasteiger partial charge in [-0.2, -0.15) is 0 Å². The van der Waals surface area contributed by atoms with Gasteiger partial charge >= 0.3 is 5.97 Å². The third-order valence-electron chi connectivity index (χ3n) is 6.57. The Morgan fingerprint density at radius 1 is 0.690 bits per heavy atom. The molecule has 13 heteroatoms. The molecule has 234 valence electrons. The normalized spacial score (nSPS) is 16.1. The van der Waals surface area contributed by atoms with Crippen molar-refractivity contribution < 1.29 is 44.1 Å². The van der Waals surface area contributed by atoms with Crippen molar-refractivity contribution in [1.29, 1.82) is 0 Å². The number of carboxylic acids is 1. The highest BCUT2D eigenvalue weighted by Gasteiger charge is 2.35. The molecule has 0 spiro atoms. The van der Waals surface area contributed by atoms with E-state index in [0.29, 0.717) is 12.0 Å². The van der Waals surface area contributed by atoms with Crippen LogP contribution in [0.25, 0.3) is 0 Å². The number of amides is 4. The summed E-state index contributed by atoms with van der Waals surface area (Å²) in [5, 5.41) is 39.4. The molecule has 0 heterocycles. The largest absolute Gasteiger partial charge is 0.480 e. The molecule has 0 aliphatic rings. The van der Waals surface area contributed by atoms with E-state index < -0.39 is 71.9 Å². The lowest BCUT2D eigenvalue weighted by Crippen LogP contribution is -2.61. The zero-order chi connectivity index (χ0) is 32.1. The van der Waals surface area contributed by atoms with E-state index in [2.05, 4.69) is 21.3 Å². The minimum absolute atomic E-state index is 0.0281. The number of hydrogen-bond donors (Lipinski definition) is 7. The van der Waals surface area contributed by atoms with Gasteiger partial charge in [0.05, 0.1) is 18.2 Å². The van der Waals surface area contributed by atoms with E-state index in [-0.39, 0.29) is 24.5 Å². The number of rotatable bonds is 17. The first-order valence-electron chi connectivity index (χ1n) is 14.0. The van der Waals surface area contributed by atoms with Crippen LogP contribution >= 0.6 is 0 Å². The molecule has 0 aliphatic carbocycles. The molecule has 4 amide bonds. The van der Waals surface area contributed by atoms with Crippen LogP contribution in [0.2, 0.25) is 0 Å². The van der Waals surface area contributed by atoms with E-state index in [1.165, 1.54) is 20.8 Å². The van der Waals surface area contributed by atoms with E-state index in [0.717, 1.165) is 0 Å². The van der Waals surface area contributed by atoms with Gasteiger partial charge in [0, 0.05) is 12.8 Å². The standard InChI is InChI=1S/C29H44N4O9/c1-7-22(36)20(13-15(2)3)30-27(39)23(17(5)34)33-28(40)24(18(6)35)32-26(38)16(4)25(37)31-21(29(41)42)14-19-11-9-8-10-12-19/h8-12,15-18,20-21,23-24,34-35H,7,13-14H2,1-6H3,(H,30,39)(H,31,37)(H,32,38)(H,33,40)(H,41,42). The molecule has 0 radical (unpaired) electrons. The summed E-state index contributed by atoms with van der Waals surface area (Å²) in [6.07, 6.45) is -2.40. The number of carboxylic acid groups (broad SMARTS) is 1. The van der Waals surface area contributed by atoms with Crippen LogP contribution in [-0.4, -0.2) is 87.1 Å². The zero-order valence-corrected chi connectivity index (χ0v) is 24.9. The number of carbonyl (C=O) groups is 6. The molecular weight excluding hydrogens is 548 g/mol. The molecule has 1 aromatic rings. The number of aliphatic hydroxyl groups excluding tert-OH is 2. The molecule has 13 nitrogen and oxygen atoms in total. The average Bonchev–Trinajstić information content (AvgIpc) is 2.92. The first-order valence-corrected chi connectivity index (χ1v) is 14.0. The molecule has 0 saturated carbocycles. The number of aliphatic carboxylic acids is 1. The quantitative estimate of drug-likeness (QED) is 0.118. The summed E-state index contributed by atoms with van der Waals surface area (Å²) in [5.41, 5.74) is 0.652. The highest BCUT2D eigenvalue weighted by atomic mass is 16.4. The smallest absolute Gasteiger partial charge is 0.326 e. The Labute approximate surface area is 245 Å². The van der Waals surface area contributed by atoms with E-state index in [1.54, 1.807) is 37.3 Å². The molecule has 7 unspecified atom stereocenters. The van der Waals surface area contributed by atoms with Gasteiger partial charge in [-0.1, -0.05) is 51.1 Å². The summed E-state index contributed by atoms with van der Waals surface area (Å²) in [5.74, 6) is -6.66. The summed E-state index contributed by atoms with van der Waals surface area (Å²) in [7, 11) is 0. The van der Waals surface area contributed by atoms with Crippen LogP contribution < -0.4 is 21.3 Å². The van der Waals surface area contributed by atoms with Crippen molar-refractivity contribution in [2.24, 2.45) is 11.8 Å². The summed E-state index contributed by atoms with van der Waals surface area (Å²) in [6.45, 7) is 9.05. The Morgan fingerprint density at radius 3 is 1.60 bits per heavy atom. The third-order valence-corrected chi connectivity index (χ3v) is 6.57. The Morgan fingerprint density at radius 2 is 1.14 bits per heavy atom. The third kappa shape index (κ3) is 11.6. The van der Waals surface area contributed by atoms with Crippen molar-refractivity contribution in [1.82, 2.24) is 21.3 Å². The lowest BCUT2D eigenvalue weighted by Gasteiger charge is -2.28. The molecule has 1 rings (SSSR count). The minimum Gasteiger partial charge on any atom is -0.480 e. The average molecular weight is 593 g/mol. The van der Waals surface area contributed by atoms with E-state index >= 15 is 0 Å². The number of nitrogens with one attached hydrogen (secondary N) is 4. The summed E-state index contributed by atoms with van der Waals surface area (Å²) < 4.78 is 0. The van der Waals surface area contributed by atoms with Gasteiger partial charge in [-0.25, -0.2) is 4.79 Å². The minimum atomic E-state index is -1.63. The van der Waals surface area contributed by atoms with Crippen molar-refractivity contribution in [2.45, 2.75) is 97.2 Å². The van der Waals surface area contributed by atoms with Gasteiger partial charge in [0.1, 0.15) is 24.0 Å². The molecular formula is C29H44N4O9. The van der Waals surface area contributed by atoms with Crippen LogP contribution in [0, 0.1) is 11.8 Å². The maximum atomic E-state index is 13.0. The summed E-state index contributed by atoms with van der Waals surface area (Å²) in [6, 6.07) is 3.26. The maximum absolute atomic E-state index is 13.0. The van der Waals surface area contributed by atoms with Crippen molar-refractivity contribution in [3.63, 3.8) is 0 Å². The van der Waals surface area contributed by atoms with Crippen LogP contribution in [-0.2, 0) is 35.2 Å². The molecule has 1 aromatic carbocycles. The van der Waals surface area contributed by atoms with Crippen LogP contribution in [0.15, 0.2) is 30.3 Å². The van der Waals surface area contributed by atoms with Gasteiger partial charge in [0.2, 0.25) is 23.6 Å². The topological polar surface area (TPSA) is 211 Å². The molecule has 0 saturated heterocycles. The number of aliphatic hydroxyl groups is 2. The Hall–Kier alpha value is -3.84. The van der Waals surface area contributed by atoms with Crippen LogP contribution in [0.1, 0.15) is 59.9 Å².